The fourth-order valence-corrected chi connectivity index (χ4v) is 7.50. The molecule has 0 atom stereocenters. The summed E-state index contributed by atoms with van der Waals surface area (Å²) in [5.74, 6) is 0. The predicted octanol–water partition coefficient (Wildman–Crippen LogP) is 4.02. The predicted molar refractivity (Wildman–Crippen MR) is 57.3 cm³/mol. The molecule has 4 heteroatoms. The summed E-state index contributed by atoms with van der Waals surface area (Å²) in [6.07, 6.45) is 0. The SMILES string of the molecule is CC(C)[Si](Br)(Br)CCBr. The summed E-state index contributed by atoms with van der Waals surface area (Å²) < 4.78 is 0. The Morgan fingerprint density at radius 2 is 1.78 bits per heavy atom. The third kappa shape index (κ3) is 4.17. The quantitative estimate of drug-likeness (QED) is 0.414. The Morgan fingerprint density at radius 1 is 1.33 bits per heavy atom. The van der Waals surface area contributed by atoms with Gasteiger partial charge in [0, 0.05) is 5.33 Å². The van der Waals surface area contributed by atoms with Crippen LogP contribution in [0.5, 0.6) is 0 Å². The third-order valence-electron chi connectivity index (χ3n) is 1.27. The van der Waals surface area contributed by atoms with Crippen LogP contribution in [0.3, 0.4) is 0 Å². The molecule has 0 aliphatic rings. The van der Waals surface area contributed by atoms with E-state index in [9.17, 15) is 0 Å². The van der Waals surface area contributed by atoms with Gasteiger partial charge in [-0.25, -0.2) is 0 Å². The zero-order valence-corrected chi connectivity index (χ0v) is 11.4. The third-order valence-corrected chi connectivity index (χ3v) is 12.9. The Bertz CT molecular complexity index is 82.3. The first-order chi connectivity index (χ1) is 4.00. The topological polar surface area (TPSA) is 0 Å². The highest BCUT2D eigenvalue weighted by atomic mass is 79.9. The second-order valence-corrected chi connectivity index (χ2v) is 18.0. The van der Waals surface area contributed by atoms with Gasteiger partial charge in [0.05, 0.1) is 0 Å². The monoisotopic (exact) mass is 336 g/mol. The van der Waals surface area contributed by atoms with E-state index in [4.69, 9.17) is 0 Å². The van der Waals surface area contributed by atoms with Crippen molar-refractivity contribution < 1.29 is 0 Å². The van der Waals surface area contributed by atoms with E-state index in [1.165, 1.54) is 6.04 Å². The van der Waals surface area contributed by atoms with Crippen LogP contribution in [0.25, 0.3) is 0 Å². The van der Waals surface area contributed by atoms with E-state index in [0.717, 1.165) is 10.9 Å². The summed E-state index contributed by atoms with van der Waals surface area (Å²) in [7, 11) is 0. The number of alkyl halides is 1. The molecule has 0 bridgehead atoms. The average molecular weight is 339 g/mol. The second-order valence-electron chi connectivity index (χ2n) is 2.35. The van der Waals surface area contributed by atoms with E-state index >= 15 is 0 Å². The van der Waals surface area contributed by atoms with Gasteiger partial charge in [-0.05, 0) is 11.6 Å². The van der Waals surface area contributed by atoms with Gasteiger partial charge in [-0.2, -0.15) is 0 Å². The molecule has 0 unspecified atom stereocenters. The highest BCUT2D eigenvalue weighted by Gasteiger charge is 2.29. The molecule has 0 rings (SSSR count). The van der Waals surface area contributed by atoms with Crippen molar-refractivity contribution in [1.82, 2.24) is 0 Å². The molecule has 0 fully saturated rings. The van der Waals surface area contributed by atoms with Crippen molar-refractivity contribution in [3.05, 3.63) is 0 Å². The minimum absolute atomic E-state index is 0.759. The average Bonchev–Trinajstić information content (AvgIpc) is 1.65. The maximum Gasteiger partial charge on any atom is 0.204 e. The van der Waals surface area contributed by atoms with Crippen molar-refractivity contribution in [2.45, 2.75) is 25.4 Å². The van der Waals surface area contributed by atoms with Gasteiger partial charge < -0.3 is 0 Å². The maximum absolute atomic E-state index is 3.73. The van der Waals surface area contributed by atoms with Crippen LogP contribution in [-0.2, 0) is 0 Å². The Kier molecular flexibility index (Phi) is 5.35. The van der Waals surface area contributed by atoms with Crippen LogP contribution in [0.15, 0.2) is 0 Å². The van der Waals surface area contributed by atoms with Crippen molar-refractivity contribution in [1.29, 1.82) is 0 Å². The van der Waals surface area contributed by atoms with Crippen LogP contribution in [-0.4, -0.2) is 10.6 Å². The Morgan fingerprint density at radius 3 is 1.89 bits per heavy atom. The standard InChI is InChI=1S/C5H11Br3Si/c1-5(2)9(7,8)4-3-6/h5H,3-4H2,1-2H3. The summed E-state index contributed by atoms with van der Waals surface area (Å²) in [5.41, 5.74) is 0.759. The van der Waals surface area contributed by atoms with E-state index in [-0.39, 0.29) is 0 Å². The molecule has 56 valence electrons. The second kappa shape index (κ2) is 4.52. The van der Waals surface area contributed by atoms with Gasteiger partial charge in [-0.15, -0.1) is 30.6 Å². The van der Waals surface area contributed by atoms with Gasteiger partial charge in [-0.3, -0.25) is 0 Å². The summed E-state index contributed by atoms with van der Waals surface area (Å²) in [6, 6.07) is 1.24. The minimum atomic E-state index is -1.20. The molecular weight excluding hydrogens is 328 g/mol. The van der Waals surface area contributed by atoms with E-state index in [0.29, 0.717) is 0 Å². The molecule has 0 saturated heterocycles. The van der Waals surface area contributed by atoms with Gasteiger partial charge in [0.25, 0.3) is 0 Å². The lowest BCUT2D eigenvalue weighted by Crippen LogP contribution is -2.21. The fourth-order valence-electron chi connectivity index (χ4n) is 0.415. The van der Waals surface area contributed by atoms with E-state index < -0.39 is 5.31 Å². The first kappa shape index (κ1) is 10.7. The summed E-state index contributed by atoms with van der Waals surface area (Å²) in [5, 5.41) is -0.111. The molecule has 0 amide bonds. The molecule has 0 heterocycles. The van der Waals surface area contributed by atoms with Crippen LogP contribution in [0.2, 0.25) is 11.6 Å². The first-order valence-electron chi connectivity index (χ1n) is 2.94. The van der Waals surface area contributed by atoms with E-state index in [1.54, 1.807) is 0 Å². The highest BCUT2D eigenvalue weighted by molar-refractivity contribution is 9.51. The molecule has 0 nitrogen and oxygen atoms in total. The number of rotatable bonds is 3. The Labute approximate surface area is 82.1 Å². The Hall–Kier alpha value is 1.66. The molecule has 0 spiro atoms. The van der Waals surface area contributed by atoms with Crippen LogP contribution < -0.4 is 0 Å². The summed E-state index contributed by atoms with van der Waals surface area (Å²) in [4.78, 5) is 0. The van der Waals surface area contributed by atoms with Crippen LogP contribution in [0.4, 0.5) is 0 Å². The van der Waals surface area contributed by atoms with Gasteiger partial charge in [0.15, 0.2) is 0 Å². The highest BCUT2D eigenvalue weighted by Crippen LogP contribution is 2.36. The smallest absolute Gasteiger partial charge is 0.111 e. The zero-order valence-electron chi connectivity index (χ0n) is 5.63. The lowest BCUT2D eigenvalue weighted by molar-refractivity contribution is 1.04. The molecular formula is C5H11Br3Si. The van der Waals surface area contributed by atoms with Crippen LogP contribution >= 0.6 is 46.5 Å². The van der Waals surface area contributed by atoms with Crippen LogP contribution in [0.1, 0.15) is 13.8 Å². The Balaban J connectivity index is 3.70. The molecule has 0 aromatic rings. The molecule has 0 radical (unpaired) electrons. The fraction of sp³-hybridized carbons (Fsp3) is 1.00. The molecule has 0 N–H and O–H groups in total. The summed E-state index contributed by atoms with van der Waals surface area (Å²) >= 11 is 10.9. The number of hydrogen-bond donors (Lipinski definition) is 0. The van der Waals surface area contributed by atoms with Crippen molar-refractivity contribution in [2.24, 2.45) is 0 Å². The molecule has 0 saturated carbocycles. The van der Waals surface area contributed by atoms with Gasteiger partial charge in [0.2, 0.25) is 5.31 Å². The van der Waals surface area contributed by atoms with Crippen molar-refractivity contribution in [3.63, 3.8) is 0 Å². The maximum atomic E-state index is 3.73. The minimum Gasteiger partial charge on any atom is -0.111 e. The normalized spacial score (nSPS) is 12.7. The summed E-state index contributed by atoms with van der Waals surface area (Å²) in [6.45, 7) is 4.50. The van der Waals surface area contributed by atoms with Crippen molar-refractivity contribution in [2.75, 3.05) is 5.33 Å². The zero-order chi connectivity index (χ0) is 7.49. The molecule has 9 heavy (non-hydrogen) atoms. The molecule has 0 aromatic heterocycles. The number of hydrogen-bond acceptors (Lipinski definition) is 0. The van der Waals surface area contributed by atoms with Crippen molar-refractivity contribution in [3.8, 4) is 0 Å². The van der Waals surface area contributed by atoms with E-state index in [2.05, 4.69) is 60.4 Å². The van der Waals surface area contributed by atoms with Gasteiger partial charge in [0.1, 0.15) is 0 Å². The van der Waals surface area contributed by atoms with Crippen molar-refractivity contribution >= 4 is 51.8 Å². The largest absolute Gasteiger partial charge is 0.204 e. The molecule has 0 aliphatic heterocycles. The number of halogens is 3. The lowest BCUT2D eigenvalue weighted by Gasteiger charge is -2.20. The van der Waals surface area contributed by atoms with Gasteiger partial charge >= 0.3 is 0 Å². The molecule has 0 aliphatic carbocycles. The first-order valence-corrected chi connectivity index (χ1v) is 10.9. The lowest BCUT2D eigenvalue weighted by atomic mass is 10.6. The van der Waals surface area contributed by atoms with E-state index in [1.807, 2.05) is 0 Å². The van der Waals surface area contributed by atoms with Crippen LogP contribution in [0, 0.1) is 0 Å². The molecule has 0 aromatic carbocycles. The van der Waals surface area contributed by atoms with Gasteiger partial charge in [-0.1, -0.05) is 29.8 Å².